The quantitative estimate of drug-likeness (QED) is 0.175. The van der Waals surface area contributed by atoms with Gasteiger partial charge in [-0.1, -0.05) is 146 Å². The third-order valence-electron chi connectivity index (χ3n) is 11.7. The third kappa shape index (κ3) is 5.12. The Morgan fingerprint density at radius 2 is 1.16 bits per heavy atom. The number of thiophene rings is 1. The van der Waals surface area contributed by atoms with Gasteiger partial charge in [-0.3, -0.25) is 0 Å². The Morgan fingerprint density at radius 3 is 2.03 bits per heavy atom. The van der Waals surface area contributed by atoms with Crippen molar-refractivity contribution in [3.63, 3.8) is 0 Å². The SMILES string of the molecule is CC1C=Cc2oc3cccc(-c4cccc5c4oc4ccccc45)c3c2C1c1nc(-c2ccc(-c3ccccc3)cc2)nc(-c2cccc3c2sc2ccccc23)n1. The number of fused-ring (bicyclic) bond motifs is 9. The van der Waals surface area contributed by atoms with Crippen molar-refractivity contribution < 1.29 is 8.83 Å². The molecule has 12 rings (SSSR count). The van der Waals surface area contributed by atoms with Crippen LogP contribution >= 0.6 is 11.3 Å². The lowest BCUT2D eigenvalue weighted by molar-refractivity contribution is 0.545. The number of furan rings is 2. The average molecular weight is 764 g/mol. The van der Waals surface area contributed by atoms with Crippen molar-refractivity contribution in [1.82, 2.24) is 15.0 Å². The highest BCUT2D eigenvalue weighted by molar-refractivity contribution is 7.26. The number of nitrogens with zero attached hydrogens (tertiary/aromatic N) is 3. The third-order valence-corrected chi connectivity index (χ3v) is 12.9. The van der Waals surface area contributed by atoms with Crippen molar-refractivity contribution >= 4 is 70.5 Å². The average Bonchev–Trinajstić information content (AvgIpc) is 3.98. The fraction of sp³-hybridized carbons (Fsp3) is 0.0577. The fourth-order valence-electron chi connectivity index (χ4n) is 8.93. The molecule has 6 heteroatoms. The van der Waals surface area contributed by atoms with Crippen molar-refractivity contribution in [2.45, 2.75) is 12.8 Å². The van der Waals surface area contributed by atoms with Gasteiger partial charge in [0.2, 0.25) is 0 Å². The number of benzene rings is 7. The summed E-state index contributed by atoms with van der Waals surface area (Å²) in [5.74, 6) is 2.68. The molecule has 0 fully saturated rings. The van der Waals surface area contributed by atoms with Gasteiger partial charge >= 0.3 is 0 Å². The van der Waals surface area contributed by atoms with Crippen molar-refractivity contribution in [3.8, 4) is 45.0 Å². The first kappa shape index (κ1) is 33.0. The summed E-state index contributed by atoms with van der Waals surface area (Å²) in [7, 11) is 0. The molecule has 1 aliphatic carbocycles. The summed E-state index contributed by atoms with van der Waals surface area (Å²) in [4.78, 5) is 16.1. The van der Waals surface area contributed by atoms with Gasteiger partial charge in [0.05, 0.1) is 5.92 Å². The number of aromatic nitrogens is 3. The van der Waals surface area contributed by atoms with Gasteiger partial charge in [0, 0.05) is 58.6 Å². The Labute approximate surface area is 337 Å². The van der Waals surface area contributed by atoms with Crippen molar-refractivity contribution in [2.24, 2.45) is 5.92 Å². The van der Waals surface area contributed by atoms with Crippen molar-refractivity contribution in [1.29, 1.82) is 0 Å². The van der Waals surface area contributed by atoms with Crippen LogP contribution in [0, 0.1) is 5.92 Å². The van der Waals surface area contributed by atoms with Crippen LogP contribution in [0.25, 0.3) is 104 Å². The Balaban J connectivity index is 1.09. The summed E-state index contributed by atoms with van der Waals surface area (Å²) < 4.78 is 15.7. The van der Waals surface area contributed by atoms with Crippen LogP contribution < -0.4 is 0 Å². The van der Waals surface area contributed by atoms with Gasteiger partial charge < -0.3 is 8.83 Å². The van der Waals surface area contributed by atoms with Gasteiger partial charge in [0.25, 0.3) is 0 Å². The first-order valence-electron chi connectivity index (χ1n) is 19.6. The van der Waals surface area contributed by atoms with Gasteiger partial charge in [0.15, 0.2) is 11.6 Å². The normalized spacial score (nSPS) is 15.3. The van der Waals surface area contributed by atoms with Crippen molar-refractivity contribution in [3.05, 3.63) is 181 Å². The molecule has 0 saturated heterocycles. The lowest BCUT2D eigenvalue weighted by Gasteiger charge is -2.25. The van der Waals surface area contributed by atoms with E-state index in [-0.39, 0.29) is 11.8 Å². The van der Waals surface area contributed by atoms with Crippen LogP contribution in [0.4, 0.5) is 0 Å². The minimum atomic E-state index is -0.219. The molecule has 0 N–H and O–H groups in total. The summed E-state index contributed by atoms with van der Waals surface area (Å²) in [6, 6.07) is 55.0. The van der Waals surface area contributed by atoms with E-state index in [1.165, 1.54) is 25.7 Å². The van der Waals surface area contributed by atoms with Crippen LogP contribution in [0.5, 0.6) is 0 Å². The lowest BCUT2D eigenvalue weighted by atomic mass is 9.79. The van der Waals surface area contributed by atoms with E-state index in [2.05, 4.69) is 159 Å². The minimum Gasteiger partial charge on any atom is -0.456 e. The Bertz CT molecular complexity index is 3430. The summed E-state index contributed by atoms with van der Waals surface area (Å²) in [5.41, 5.74) is 9.95. The van der Waals surface area contributed by atoms with E-state index in [9.17, 15) is 0 Å². The Morgan fingerprint density at radius 1 is 0.500 bits per heavy atom. The zero-order valence-corrected chi connectivity index (χ0v) is 32.2. The van der Waals surface area contributed by atoms with Crippen LogP contribution in [0.1, 0.15) is 30.0 Å². The molecular weight excluding hydrogens is 731 g/mol. The highest BCUT2D eigenvalue weighted by atomic mass is 32.1. The van der Waals surface area contributed by atoms with Crippen LogP contribution in [-0.2, 0) is 0 Å². The molecule has 4 aromatic heterocycles. The summed E-state index contributed by atoms with van der Waals surface area (Å²) in [5, 5.41) is 5.69. The molecule has 274 valence electrons. The second-order valence-corrected chi connectivity index (χ2v) is 16.2. The van der Waals surface area contributed by atoms with Gasteiger partial charge in [-0.05, 0) is 52.9 Å². The highest BCUT2D eigenvalue weighted by Gasteiger charge is 2.34. The molecule has 0 saturated carbocycles. The van der Waals surface area contributed by atoms with Gasteiger partial charge in [-0.25, -0.2) is 15.0 Å². The monoisotopic (exact) mass is 763 g/mol. The molecule has 11 aromatic rings. The van der Waals surface area contributed by atoms with Gasteiger partial charge in [-0.15, -0.1) is 11.3 Å². The molecule has 2 atom stereocenters. The maximum atomic E-state index is 6.71. The Hall–Kier alpha value is -7.15. The second kappa shape index (κ2) is 12.9. The maximum absolute atomic E-state index is 6.71. The van der Waals surface area contributed by atoms with E-state index in [4.69, 9.17) is 23.8 Å². The molecule has 5 nitrogen and oxygen atoms in total. The van der Waals surface area contributed by atoms with Crippen molar-refractivity contribution in [2.75, 3.05) is 0 Å². The van der Waals surface area contributed by atoms with E-state index in [1.54, 1.807) is 11.3 Å². The number of para-hydroxylation sites is 2. The predicted molar refractivity (Wildman–Crippen MR) is 238 cm³/mol. The molecule has 0 radical (unpaired) electrons. The number of hydrogen-bond donors (Lipinski definition) is 0. The van der Waals surface area contributed by atoms with E-state index in [0.717, 1.165) is 72.0 Å². The minimum absolute atomic E-state index is 0.0621. The molecular formula is C52H33N3O2S. The first-order chi connectivity index (χ1) is 28.7. The van der Waals surface area contributed by atoms with E-state index < -0.39 is 0 Å². The topological polar surface area (TPSA) is 65.0 Å². The predicted octanol–water partition coefficient (Wildman–Crippen LogP) is 14.3. The number of allylic oxidation sites excluding steroid dienone is 1. The summed E-state index contributed by atoms with van der Waals surface area (Å²) in [6.45, 7) is 2.25. The molecule has 0 spiro atoms. The van der Waals surface area contributed by atoms with Crippen LogP contribution in [0.15, 0.2) is 173 Å². The van der Waals surface area contributed by atoms with Gasteiger partial charge in [0.1, 0.15) is 28.3 Å². The highest BCUT2D eigenvalue weighted by Crippen LogP contribution is 2.48. The molecule has 0 bridgehead atoms. The van der Waals surface area contributed by atoms with E-state index in [0.29, 0.717) is 17.5 Å². The zero-order valence-electron chi connectivity index (χ0n) is 31.4. The molecule has 7 aromatic carbocycles. The number of hydrogen-bond acceptors (Lipinski definition) is 6. The molecule has 0 amide bonds. The van der Waals surface area contributed by atoms with E-state index >= 15 is 0 Å². The molecule has 58 heavy (non-hydrogen) atoms. The largest absolute Gasteiger partial charge is 0.456 e. The maximum Gasteiger partial charge on any atom is 0.165 e. The molecule has 4 heterocycles. The van der Waals surface area contributed by atoms with Crippen LogP contribution in [-0.4, -0.2) is 15.0 Å². The van der Waals surface area contributed by atoms with E-state index in [1.807, 2.05) is 18.2 Å². The fourth-order valence-corrected chi connectivity index (χ4v) is 10.1. The van der Waals surface area contributed by atoms with Gasteiger partial charge in [-0.2, -0.15) is 0 Å². The summed E-state index contributed by atoms with van der Waals surface area (Å²) in [6.07, 6.45) is 4.34. The first-order valence-corrected chi connectivity index (χ1v) is 20.4. The number of rotatable bonds is 5. The van der Waals surface area contributed by atoms with Crippen LogP contribution in [0.2, 0.25) is 0 Å². The molecule has 1 aliphatic rings. The Kier molecular flexibility index (Phi) is 7.37. The lowest BCUT2D eigenvalue weighted by Crippen LogP contribution is -2.18. The smallest absolute Gasteiger partial charge is 0.165 e. The van der Waals surface area contributed by atoms with Crippen LogP contribution in [0.3, 0.4) is 0 Å². The second-order valence-electron chi connectivity index (χ2n) is 15.1. The molecule has 2 unspecified atom stereocenters. The zero-order chi connectivity index (χ0) is 38.3. The molecule has 0 aliphatic heterocycles. The standard InChI is InChI=1S/C52H33N3O2S/c1-30-24-29-43-47(46-36(16-11-22-42(46)56-43)38-18-9-17-37-34-14-5-7-21-41(34)57-48(37)38)45(30)52-54-50(33-27-25-32(26-28-33)31-12-3-2-4-13-31)53-51(55-52)40-20-10-19-39-35-15-6-8-23-44(35)58-49(39)40/h2-30,45H,1H3. The summed E-state index contributed by atoms with van der Waals surface area (Å²) >= 11 is 1.78.